The van der Waals surface area contributed by atoms with E-state index >= 15 is 0 Å². The van der Waals surface area contributed by atoms with Gasteiger partial charge in [0.25, 0.3) is 5.91 Å². The minimum Gasteiger partial charge on any atom is -0.496 e. The summed E-state index contributed by atoms with van der Waals surface area (Å²) in [6.45, 7) is 2.92. The molecule has 1 amide bonds. The van der Waals surface area contributed by atoms with E-state index in [4.69, 9.17) is 14.2 Å². The maximum Gasteiger partial charge on any atom is 0.255 e. The number of methoxy groups -OCH3 is 2. The molecule has 5 heteroatoms. The Labute approximate surface area is 136 Å². The van der Waals surface area contributed by atoms with Gasteiger partial charge in [0.2, 0.25) is 0 Å². The number of anilines is 1. The number of ether oxygens (including phenoxy) is 3. The molecule has 0 aromatic heterocycles. The molecule has 0 fully saturated rings. The molecule has 0 spiro atoms. The molecule has 2 aromatic rings. The summed E-state index contributed by atoms with van der Waals surface area (Å²) in [5.41, 5.74) is 2.00. The molecule has 122 valence electrons. The monoisotopic (exact) mass is 315 g/mol. The Kier molecular flexibility index (Phi) is 6.00. The number of carbonyl (C=O) groups excluding carboxylic acids is 1. The third-order valence-corrected chi connectivity index (χ3v) is 3.36. The molecule has 0 atom stereocenters. The van der Waals surface area contributed by atoms with Crippen LogP contribution < -0.4 is 14.8 Å². The highest BCUT2D eigenvalue weighted by molar-refractivity contribution is 6.05. The van der Waals surface area contributed by atoms with Gasteiger partial charge in [0.05, 0.1) is 26.5 Å². The molecular formula is C18H21NO4. The van der Waals surface area contributed by atoms with Crippen molar-refractivity contribution >= 4 is 11.6 Å². The average molecular weight is 315 g/mol. The lowest BCUT2D eigenvalue weighted by molar-refractivity contribution is 0.102. The lowest BCUT2D eigenvalue weighted by atomic mass is 10.1. The smallest absolute Gasteiger partial charge is 0.255 e. The quantitative estimate of drug-likeness (QED) is 0.849. The van der Waals surface area contributed by atoms with E-state index in [2.05, 4.69) is 5.32 Å². The standard InChI is InChI=1S/C18H21NO4/c1-4-23-12-14-11-13(9-10-16(14)21-2)18(20)19-15-7-5-6-8-17(15)22-3/h5-11H,4,12H2,1-3H3,(H,19,20). The fourth-order valence-corrected chi connectivity index (χ4v) is 2.19. The summed E-state index contributed by atoms with van der Waals surface area (Å²) in [4.78, 5) is 12.5. The topological polar surface area (TPSA) is 56.8 Å². The number of benzene rings is 2. The molecule has 0 aliphatic heterocycles. The summed E-state index contributed by atoms with van der Waals surface area (Å²) in [7, 11) is 3.16. The highest BCUT2D eigenvalue weighted by atomic mass is 16.5. The first-order valence-corrected chi connectivity index (χ1v) is 7.38. The van der Waals surface area contributed by atoms with Crippen molar-refractivity contribution in [2.24, 2.45) is 0 Å². The predicted molar refractivity (Wildman–Crippen MR) is 89.3 cm³/mol. The van der Waals surface area contributed by atoms with Crippen LogP contribution in [0.1, 0.15) is 22.8 Å². The molecule has 1 N–H and O–H groups in total. The molecular weight excluding hydrogens is 294 g/mol. The molecule has 2 aromatic carbocycles. The SMILES string of the molecule is CCOCc1cc(C(=O)Nc2ccccc2OC)ccc1OC. The van der Waals surface area contributed by atoms with Gasteiger partial charge in [-0.3, -0.25) is 4.79 Å². The van der Waals surface area contributed by atoms with Crippen LogP contribution in [0.2, 0.25) is 0 Å². The molecule has 0 heterocycles. The summed E-state index contributed by atoms with van der Waals surface area (Å²) in [6.07, 6.45) is 0. The zero-order chi connectivity index (χ0) is 16.7. The van der Waals surface area contributed by atoms with Gasteiger partial charge in [0, 0.05) is 17.7 Å². The van der Waals surface area contributed by atoms with Gasteiger partial charge in [0.1, 0.15) is 11.5 Å². The molecule has 0 aliphatic rings. The predicted octanol–water partition coefficient (Wildman–Crippen LogP) is 3.49. The maximum atomic E-state index is 12.5. The Bertz CT molecular complexity index is 670. The second-order valence-corrected chi connectivity index (χ2v) is 4.82. The second kappa shape index (κ2) is 8.19. The largest absolute Gasteiger partial charge is 0.496 e. The van der Waals surface area contributed by atoms with Crippen LogP contribution >= 0.6 is 0 Å². The van der Waals surface area contributed by atoms with Gasteiger partial charge in [-0.05, 0) is 37.3 Å². The van der Waals surface area contributed by atoms with Gasteiger partial charge in [-0.1, -0.05) is 12.1 Å². The number of carbonyl (C=O) groups is 1. The maximum absolute atomic E-state index is 12.5. The summed E-state index contributed by atoms with van der Waals surface area (Å²) < 4.78 is 16.0. The molecule has 2 rings (SSSR count). The van der Waals surface area contributed by atoms with Crippen molar-refractivity contribution in [2.45, 2.75) is 13.5 Å². The van der Waals surface area contributed by atoms with E-state index in [9.17, 15) is 4.79 Å². The average Bonchev–Trinajstić information content (AvgIpc) is 2.60. The number of nitrogens with one attached hydrogen (secondary N) is 1. The van der Waals surface area contributed by atoms with Gasteiger partial charge in [0.15, 0.2) is 0 Å². The molecule has 0 aliphatic carbocycles. The molecule has 0 unspecified atom stereocenters. The van der Waals surface area contributed by atoms with E-state index in [0.717, 1.165) is 5.56 Å². The fraction of sp³-hybridized carbons (Fsp3) is 0.278. The molecule has 0 saturated heterocycles. The van der Waals surface area contributed by atoms with Crippen LogP contribution in [-0.2, 0) is 11.3 Å². The lowest BCUT2D eigenvalue weighted by Crippen LogP contribution is -2.13. The van der Waals surface area contributed by atoms with E-state index < -0.39 is 0 Å². The first-order valence-electron chi connectivity index (χ1n) is 7.38. The number of para-hydroxylation sites is 2. The van der Waals surface area contributed by atoms with Gasteiger partial charge < -0.3 is 19.5 Å². The van der Waals surface area contributed by atoms with Crippen LogP contribution in [0.3, 0.4) is 0 Å². The van der Waals surface area contributed by atoms with Crippen LogP contribution in [-0.4, -0.2) is 26.7 Å². The third kappa shape index (κ3) is 4.23. The molecule has 0 saturated carbocycles. The first kappa shape index (κ1) is 16.8. The summed E-state index contributed by atoms with van der Waals surface area (Å²) in [5, 5.41) is 2.85. The van der Waals surface area contributed by atoms with Crippen molar-refractivity contribution in [3.05, 3.63) is 53.6 Å². The minimum absolute atomic E-state index is 0.213. The van der Waals surface area contributed by atoms with Crippen molar-refractivity contribution in [3.8, 4) is 11.5 Å². The lowest BCUT2D eigenvalue weighted by Gasteiger charge is -2.12. The van der Waals surface area contributed by atoms with Crippen molar-refractivity contribution in [1.82, 2.24) is 0 Å². The fourth-order valence-electron chi connectivity index (χ4n) is 2.19. The number of hydrogen-bond acceptors (Lipinski definition) is 4. The van der Waals surface area contributed by atoms with Gasteiger partial charge in [-0.2, -0.15) is 0 Å². The number of amides is 1. The number of hydrogen-bond donors (Lipinski definition) is 1. The second-order valence-electron chi connectivity index (χ2n) is 4.82. The summed E-state index contributed by atoms with van der Waals surface area (Å²) in [5.74, 6) is 1.10. The van der Waals surface area contributed by atoms with Crippen molar-refractivity contribution in [1.29, 1.82) is 0 Å². The van der Waals surface area contributed by atoms with Gasteiger partial charge in [-0.25, -0.2) is 0 Å². The van der Waals surface area contributed by atoms with E-state index in [0.29, 0.717) is 36.0 Å². The van der Waals surface area contributed by atoms with Gasteiger partial charge in [-0.15, -0.1) is 0 Å². The van der Waals surface area contributed by atoms with Crippen LogP contribution in [0.25, 0.3) is 0 Å². The van der Waals surface area contributed by atoms with Crippen LogP contribution in [0.15, 0.2) is 42.5 Å². The zero-order valence-corrected chi connectivity index (χ0v) is 13.6. The Morgan fingerprint density at radius 3 is 2.48 bits per heavy atom. The third-order valence-electron chi connectivity index (χ3n) is 3.36. The Balaban J connectivity index is 2.21. The normalized spacial score (nSPS) is 10.2. The van der Waals surface area contributed by atoms with Crippen molar-refractivity contribution in [3.63, 3.8) is 0 Å². The van der Waals surface area contributed by atoms with E-state index in [1.165, 1.54) is 0 Å². The Hall–Kier alpha value is -2.53. The zero-order valence-electron chi connectivity index (χ0n) is 13.6. The summed E-state index contributed by atoms with van der Waals surface area (Å²) >= 11 is 0. The Morgan fingerprint density at radius 1 is 1.04 bits per heavy atom. The van der Waals surface area contributed by atoms with E-state index in [1.807, 2.05) is 19.1 Å². The molecule has 23 heavy (non-hydrogen) atoms. The molecule has 0 bridgehead atoms. The molecule has 5 nitrogen and oxygen atoms in total. The Morgan fingerprint density at radius 2 is 1.78 bits per heavy atom. The van der Waals surface area contributed by atoms with Gasteiger partial charge >= 0.3 is 0 Å². The number of rotatable bonds is 7. The van der Waals surface area contributed by atoms with Crippen LogP contribution in [0.4, 0.5) is 5.69 Å². The van der Waals surface area contributed by atoms with Crippen molar-refractivity contribution in [2.75, 3.05) is 26.1 Å². The van der Waals surface area contributed by atoms with Crippen molar-refractivity contribution < 1.29 is 19.0 Å². The highest BCUT2D eigenvalue weighted by Crippen LogP contribution is 2.25. The van der Waals surface area contributed by atoms with E-state index in [-0.39, 0.29) is 5.91 Å². The first-order chi connectivity index (χ1) is 11.2. The molecule has 0 radical (unpaired) electrons. The van der Waals surface area contributed by atoms with E-state index in [1.54, 1.807) is 44.6 Å². The highest BCUT2D eigenvalue weighted by Gasteiger charge is 2.12. The summed E-state index contributed by atoms with van der Waals surface area (Å²) in [6, 6.07) is 12.5. The van der Waals surface area contributed by atoms with Crippen LogP contribution in [0, 0.1) is 0 Å². The minimum atomic E-state index is -0.213. The van der Waals surface area contributed by atoms with Crippen LogP contribution in [0.5, 0.6) is 11.5 Å².